The Labute approximate surface area is 127 Å². The van der Waals surface area contributed by atoms with E-state index in [4.69, 9.17) is 34.8 Å². The molecule has 1 aliphatic rings. The Balaban J connectivity index is 2.32. The summed E-state index contributed by atoms with van der Waals surface area (Å²) in [5.74, 6) is 0.900. The first-order valence-electron chi connectivity index (χ1n) is 6.44. The van der Waals surface area contributed by atoms with Crippen molar-refractivity contribution in [3.05, 3.63) is 28.0 Å². The van der Waals surface area contributed by atoms with Crippen LogP contribution < -0.4 is 0 Å². The standard InChI is InChI=1S/C14H15Cl3N2/c1-8(15)13-18-11-6-9(16)10(17)7-12(11)19(13)14(2)4-3-5-14/h6-8H,3-5H2,1-2H3. The van der Waals surface area contributed by atoms with Crippen LogP contribution in [0, 0.1) is 0 Å². The number of benzene rings is 1. The minimum atomic E-state index is -0.137. The van der Waals surface area contributed by atoms with E-state index in [1.54, 1.807) is 0 Å². The van der Waals surface area contributed by atoms with Gasteiger partial charge in [-0.05, 0) is 45.2 Å². The summed E-state index contributed by atoms with van der Waals surface area (Å²) >= 11 is 18.5. The van der Waals surface area contributed by atoms with Crippen LogP contribution in [0.4, 0.5) is 0 Å². The van der Waals surface area contributed by atoms with E-state index in [1.165, 1.54) is 6.42 Å². The molecule has 1 saturated carbocycles. The van der Waals surface area contributed by atoms with Crippen molar-refractivity contribution in [3.63, 3.8) is 0 Å². The zero-order chi connectivity index (χ0) is 13.8. The second kappa shape index (κ2) is 4.54. The number of halogens is 3. The van der Waals surface area contributed by atoms with E-state index in [0.717, 1.165) is 29.7 Å². The maximum atomic E-state index is 6.30. The monoisotopic (exact) mass is 316 g/mol. The van der Waals surface area contributed by atoms with E-state index in [0.29, 0.717) is 10.0 Å². The lowest BCUT2D eigenvalue weighted by Gasteiger charge is -2.41. The molecule has 1 aromatic carbocycles. The molecule has 5 heteroatoms. The van der Waals surface area contributed by atoms with E-state index in [-0.39, 0.29) is 10.9 Å². The first-order valence-corrected chi connectivity index (χ1v) is 7.63. The largest absolute Gasteiger partial charge is 0.321 e. The van der Waals surface area contributed by atoms with Crippen LogP contribution >= 0.6 is 34.8 Å². The summed E-state index contributed by atoms with van der Waals surface area (Å²) in [6.45, 7) is 4.20. The fourth-order valence-electron chi connectivity index (χ4n) is 2.84. The van der Waals surface area contributed by atoms with Crippen LogP contribution in [-0.2, 0) is 5.54 Å². The maximum absolute atomic E-state index is 6.30. The lowest BCUT2D eigenvalue weighted by Crippen LogP contribution is -2.38. The lowest BCUT2D eigenvalue weighted by molar-refractivity contribution is 0.169. The molecule has 0 amide bonds. The van der Waals surface area contributed by atoms with Gasteiger partial charge in [0.15, 0.2) is 0 Å². The van der Waals surface area contributed by atoms with E-state index in [1.807, 2.05) is 19.1 Å². The van der Waals surface area contributed by atoms with Gasteiger partial charge in [-0.2, -0.15) is 0 Å². The van der Waals surface area contributed by atoms with Gasteiger partial charge in [-0.15, -0.1) is 11.6 Å². The Morgan fingerprint density at radius 2 is 1.89 bits per heavy atom. The summed E-state index contributed by atoms with van der Waals surface area (Å²) in [4.78, 5) is 4.65. The summed E-state index contributed by atoms with van der Waals surface area (Å²) in [5.41, 5.74) is 1.99. The van der Waals surface area contributed by atoms with Gasteiger partial charge in [-0.25, -0.2) is 4.98 Å². The molecule has 3 rings (SSSR count). The Kier molecular flexibility index (Phi) is 3.24. The molecule has 19 heavy (non-hydrogen) atoms. The van der Waals surface area contributed by atoms with Crippen molar-refractivity contribution in [1.29, 1.82) is 0 Å². The Hall–Kier alpha value is -0.440. The molecule has 1 fully saturated rings. The van der Waals surface area contributed by atoms with Crippen molar-refractivity contribution in [3.8, 4) is 0 Å². The van der Waals surface area contributed by atoms with E-state index in [9.17, 15) is 0 Å². The Morgan fingerprint density at radius 1 is 1.26 bits per heavy atom. The van der Waals surface area contributed by atoms with E-state index >= 15 is 0 Å². The van der Waals surface area contributed by atoms with Gasteiger partial charge >= 0.3 is 0 Å². The van der Waals surface area contributed by atoms with Crippen molar-refractivity contribution in [2.75, 3.05) is 0 Å². The number of fused-ring (bicyclic) bond motifs is 1. The molecule has 1 aliphatic carbocycles. The van der Waals surface area contributed by atoms with Gasteiger partial charge in [0.05, 0.1) is 26.5 Å². The molecule has 0 aliphatic heterocycles. The predicted octanol–water partition coefficient (Wildman–Crippen LogP) is 5.54. The van der Waals surface area contributed by atoms with E-state index < -0.39 is 0 Å². The molecule has 0 radical (unpaired) electrons. The number of rotatable bonds is 2. The zero-order valence-electron chi connectivity index (χ0n) is 10.9. The summed E-state index contributed by atoms with van der Waals surface area (Å²) in [6.07, 6.45) is 3.54. The molecule has 102 valence electrons. The first-order chi connectivity index (χ1) is 8.92. The molecule has 2 aromatic rings. The van der Waals surface area contributed by atoms with Gasteiger partial charge in [-0.3, -0.25) is 0 Å². The van der Waals surface area contributed by atoms with Crippen LogP contribution in [0.1, 0.15) is 44.3 Å². The molecule has 0 saturated heterocycles. The van der Waals surface area contributed by atoms with Crippen molar-refractivity contribution < 1.29 is 0 Å². The van der Waals surface area contributed by atoms with Crippen molar-refractivity contribution in [2.45, 2.75) is 44.0 Å². The Bertz CT molecular complexity index is 642. The highest BCUT2D eigenvalue weighted by Gasteiger charge is 2.37. The average molecular weight is 318 g/mol. The summed E-state index contributed by atoms with van der Waals surface area (Å²) in [5, 5.41) is 0.959. The average Bonchev–Trinajstić information content (AvgIpc) is 2.66. The van der Waals surface area contributed by atoms with Gasteiger partial charge < -0.3 is 4.57 Å². The van der Waals surface area contributed by atoms with Gasteiger partial charge in [0.25, 0.3) is 0 Å². The van der Waals surface area contributed by atoms with Crippen LogP contribution in [0.3, 0.4) is 0 Å². The quantitative estimate of drug-likeness (QED) is 0.665. The number of imidazole rings is 1. The van der Waals surface area contributed by atoms with Crippen LogP contribution in [0.15, 0.2) is 12.1 Å². The van der Waals surface area contributed by atoms with Crippen LogP contribution in [0.5, 0.6) is 0 Å². The summed E-state index contributed by atoms with van der Waals surface area (Å²) in [6, 6.07) is 3.72. The molecule has 1 heterocycles. The minimum absolute atomic E-state index is 0.102. The zero-order valence-corrected chi connectivity index (χ0v) is 13.1. The highest BCUT2D eigenvalue weighted by Crippen LogP contribution is 2.44. The Morgan fingerprint density at radius 3 is 2.42 bits per heavy atom. The highest BCUT2D eigenvalue weighted by atomic mass is 35.5. The third kappa shape index (κ3) is 2.05. The van der Waals surface area contributed by atoms with Crippen molar-refractivity contribution in [1.82, 2.24) is 9.55 Å². The van der Waals surface area contributed by atoms with Crippen LogP contribution in [-0.4, -0.2) is 9.55 Å². The van der Waals surface area contributed by atoms with E-state index in [2.05, 4.69) is 16.5 Å². The molecule has 1 unspecified atom stereocenters. The third-order valence-electron chi connectivity index (χ3n) is 4.05. The number of nitrogens with zero attached hydrogens (tertiary/aromatic N) is 2. The topological polar surface area (TPSA) is 17.8 Å². The predicted molar refractivity (Wildman–Crippen MR) is 81.5 cm³/mol. The van der Waals surface area contributed by atoms with Gasteiger partial charge in [0.2, 0.25) is 0 Å². The molecule has 0 N–H and O–H groups in total. The normalized spacial score (nSPS) is 19.4. The number of hydrogen-bond donors (Lipinski definition) is 0. The van der Waals surface area contributed by atoms with Gasteiger partial charge in [0, 0.05) is 5.54 Å². The summed E-state index contributed by atoms with van der Waals surface area (Å²) in [7, 11) is 0. The van der Waals surface area contributed by atoms with Crippen molar-refractivity contribution >= 4 is 45.8 Å². The molecular formula is C14H15Cl3N2. The van der Waals surface area contributed by atoms with Crippen LogP contribution in [0.25, 0.3) is 11.0 Å². The molecule has 1 atom stereocenters. The molecule has 0 bridgehead atoms. The number of hydrogen-bond acceptors (Lipinski definition) is 1. The second-order valence-corrected chi connectivity index (χ2v) is 7.00. The second-order valence-electron chi connectivity index (χ2n) is 5.53. The van der Waals surface area contributed by atoms with Gasteiger partial charge in [0.1, 0.15) is 5.82 Å². The first kappa shape index (κ1) is 13.5. The molecule has 1 aromatic heterocycles. The SMILES string of the molecule is CC(Cl)c1nc2cc(Cl)c(Cl)cc2n1C1(C)CCC1. The third-order valence-corrected chi connectivity index (χ3v) is 4.97. The number of alkyl halides is 1. The van der Waals surface area contributed by atoms with Gasteiger partial charge in [-0.1, -0.05) is 23.2 Å². The van der Waals surface area contributed by atoms with Crippen LogP contribution in [0.2, 0.25) is 10.0 Å². The fraction of sp³-hybridized carbons (Fsp3) is 0.500. The molecule has 2 nitrogen and oxygen atoms in total. The molecule has 0 spiro atoms. The minimum Gasteiger partial charge on any atom is -0.321 e. The van der Waals surface area contributed by atoms with Crippen molar-refractivity contribution in [2.24, 2.45) is 0 Å². The maximum Gasteiger partial charge on any atom is 0.128 e. The number of aromatic nitrogens is 2. The summed E-state index contributed by atoms with van der Waals surface area (Å²) < 4.78 is 2.26. The highest BCUT2D eigenvalue weighted by molar-refractivity contribution is 6.42. The lowest BCUT2D eigenvalue weighted by atomic mass is 9.78. The fourth-order valence-corrected chi connectivity index (χ4v) is 3.30. The smallest absolute Gasteiger partial charge is 0.128 e. The molecular weight excluding hydrogens is 303 g/mol.